The molecule has 3 rings (SSSR count). The third kappa shape index (κ3) is 3.13. The van der Waals surface area contributed by atoms with Crippen LogP contribution in [0.1, 0.15) is 37.0 Å². The van der Waals surface area contributed by atoms with Crippen molar-refractivity contribution in [3.8, 4) is 11.5 Å². The second-order valence-electron chi connectivity index (χ2n) is 5.95. The average Bonchev–Trinajstić information content (AvgIpc) is 2.95. The van der Waals surface area contributed by atoms with Crippen LogP contribution in [0.4, 0.5) is 0 Å². The number of likely N-dealkylation sites (tertiary alicyclic amines) is 1. The van der Waals surface area contributed by atoms with E-state index in [4.69, 9.17) is 9.47 Å². The molecule has 1 N–H and O–H groups in total. The van der Waals surface area contributed by atoms with Gasteiger partial charge in [-0.15, -0.1) is 0 Å². The van der Waals surface area contributed by atoms with Gasteiger partial charge in [0.2, 0.25) is 6.79 Å². The molecular formula is C16H22N2O3. The van der Waals surface area contributed by atoms with E-state index in [1.807, 2.05) is 0 Å². The number of amides is 1. The Kier molecular flexibility index (Phi) is 4.01. The van der Waals surface area contributed by atoms with Crippen molar-refractivity contribution in [1.82, 2.24) is 10.2 Å². The number of benzene rings is 1. The number of carbonyl (C=O) groups is 1. The molecule has 2 aliphatic heterocycles. The molecule has 0 spiro atoms. The number of nitrogens with one attached hydrogen (secondary N) is 1. The molecule has 0 saturated carbocycles. The molecule has 1 saturated heterocycles. The van der Waals surface area contributed by atoms with Crippen LogP contribution < -0.4 is 14.8 Å². The second kappa shape index (κ2) is 5.93. The van der Waals surface area contributed by atoms with Crippen molar-refractivity contribution in [3.05, 3.63) is 23.8 Å². The second-order valence-corrected chi connectivity index (χ2v) is 5.95. The van der Waals surface area contributed by atoms with Crippen molar-refractivity contribution in [1.29, 1.82) is 0 Å². The molecule has 2 aliphatic rings. The van der Waals surface area contributed by atoms with E-state index in [1.54, 1.807) is 18.2 Å². The lowest BCUT2D eigenvalue weighted by molar-refractivity contribution is 0.0900. The van der Waals surface area contributed by atoms with E-state index in [2.05, 4.69) is 24.1 Å². The van der Waals surface area contributed by atoms with Crippen LogP contribution in [0.3, 0.4) is 0 Å². The summed E-state index contributed by atoms with van der Waals surface area (Å²) in [4.78, 5) is 14.8. The van der Waals surface area contributed by atoms with Crippen molar-refractivity contribution in [2.75, 3.05) is 19.9 Å². The number of piperidine rings is 1. The molecule has 2 heterocycles. The Morgan fingerprint density at radius 1 is 1.24 bits per heavy atom. The van der Waals surface area contributed by atoms with Crippen molar-refractivity contribution >= 4 is 5.91 Å². The van der Waals surface area contributed by atoms with Gasteiger partial charge in [-0.3, -0.25) is 4.79 Å². The summed E-state index contributed by atoms with van der Waals surface area (Å²) in [5.41, 5.74) is 0.630. The molecule has 0 unspecified atom stereocenters. The van der Waals surface area contributed by atoms with Gasteiger partial charge in [-0.25, -0.2) is 0 Å². The maximum absolute atomic E-state index is 12.3. The number of carbonyl (C=O) groups excluding carboxylic acids is 1. The van der Waals surface area contributed by atoms with Crippen LogP contribution in [-0.4, -0.2) is 42.8 Å². The van der Waals surface area contributed by atoms with Crippen LogP contribution in [0.15, 0.2) is 18.2 Å². The summed E-state index contributed by atoms with van der Waals surface area (Å²) in [5.74, 6) is 1.32. The van der Waals surface area contributed by atoms with Crippen molar-refractivity contribution < 1.29 is 14.3 Å². The zero-order chi connectivity index (χ0) is 14.8. The smallest absolute Gasteiger partial charge is 0.251 e. The molecule has 0 aliphatic carbocycles. The van der Waals surface area contributed by atoms with Crippen LogP contribution in [-0.2, 0) is 0 Å². The number of hydrogen-bond acceptors (Lipinski definition) is 4. The molecule has 21 heavy (non-hydrogen) atoms. The van der Waals surface area contributed by atoms with Crippen molar-refractivity contribution in [2.24, 2.45) is 0 Å². The van der Waals surface area contributed by atoms with Crippen molar-refractivity contribution in [3.63, 3.8) is 0 Å². The summed E-state index contributed by atoms with van der Waals surface area (Å²) in [6.45, 7) is 6.75. The molecule has 1 aromatic rings. The molecule has 1 amide bonds. The van der Waals surface area contributed by atoms with E-state index in [1.165, 1.54) is 0 Å². The fourth-order valence-electron chi connectivity index (χ4n) is 2.87. The van der Waals surface area contributed by atoms with Gasteiger partial charge in [-0.2, -0.15) is 0 Å². The summed E-state index contributed by atoms with van der Waals surface area (Å²) in [7, 11) is 0. The minimum atomic E-state index is -0.0312. The highest BCUT2D eigenvalue weighted by Crippen LogP contribution is 2.32. The van der Waals surface area contributed by atoms with Gasteiger partial charge in [0.05, 0.1) is 0 Å². The molecule has 5 nitrogen and oxygen atoms in total. The molecule has 1 aromatic carbocycles. The van der Waals surface area contributed by atoms with Gasteiger partial charge < -0.3 is 19.7 Å². The fraction of sp³-hybridized carbons (Fsp3) is 0.562. The van der Waals surface area contributed by atoms with Gasteiger partial charge in [0, 0.05) is 30.7 Å². The molecule has 1 fully saturated rings. The van der Waals surface area contributed by atoms with E-state index < -0.39 is 0 Å². The molecule has 0 atom stereocenters. The topological polar surface area (TPSA) is 50.8 Å². The highest BCUT2D eigenvalue weighted by atomic mass is 16.7. The Labute approximate surface area is 125 Å². The highest BCUT2D eigenvalue weighted by molar-refractivity contribution is 5.95. The van der Waals surface area contributed by atoms with Crippen LogP contribution in [0.2, 0.25) is 0 Å². The van der Waals surface area contributed by atoms with E-state index in [0.29, 0.717) is 23.1 Å². The van der Waals surface area contributed by atoms with Crippen molar-refractivity contribution in [2.45, 2.75) is 38.8 Å². The first-order chi connectivity index (χ1) is 10.1. The number of ether oxygens (including phenoxy) is 2. The monoisotopic (exact) mass is 290 g/mol. The molecule has 0 aromatic heterocycles. The largest absolute Gasteiger partial charge is 0.454 e. The van der Waals surface area contributed by atoms with Gasteiger partial charge in [0.1, 0.15) is 0 Å². The van der Waals surface area contributed by atoms with Gasteiger partial charge in [-0.05, 0) is 44.9 Å². The first-order valence-electron chi connectivity index (χ1n) is 7.58. The quantitative estimate of drug-likeness (QED) is 0.925. The third-order valence-electron chi connectivity index (χ3n) is 4.23. The summed E-state index contributed by atoms with van der Waals surface area (Å²) in [5, 5.41) is 3.12. The maximum Gasteiger partial charge on any atom is 0.251 e. The lowest BCUT2D eigenvalue weighted by Gasteiger charge is -2.34. The molecule has 0 radical (unpaired) electrons. The average molecular weight is 290 g/mol. The van der Waals surface area contributed by atoms with E-state index in [0.717, 1.165) is 25.9 Å². The standard InChI is InChI=1S/C16H22N2O3/c1-11(2)18-7-5-13(6-8-18)17-16(19)12-3-4-14-15(9-12)21-10-20-14/h3-4,9,11,13H,5-8,10H2,1-2H3,(H,17,19). The van der Waals surface area contributed by atoms with Gasteiger partial charge in [-0.1, -0.05) is 0 Å². The molecule has 114 valence electrons. The zero-order valence-corrected chi connectivity index (χ0v) is 12.6. The predicted molar refractivity (Wildman–Crippen MR) is 79.8 cm³/mol. The van der Waals surface area contributed by atoms with Crippen LogP contribution >= 0.6 is 0 Å². The van der Waals surface area contributed by atoms with Gasteiger partial charge in [0.15, 0.2) is 11.5 Å². The fourth-order valence-corrected chi connectivity index (χ4v) is 2.87. The predicted octanol–water partition coefficient (Wildman–Crippen LogP) is 2.02. The summed E-state index contributed by atoms with van der Waals surface area (Å²) in [6, 6.07) is 6.17. The molecular weight excluding hydrogens is 268 g/mol. The van der Waals surface area contributed by atoms with Crippen LogP contribution in [0.5, 0.6) is 11.5 Å². The highest BCUT2D eigenvalue weighted by Gasteiger charge is 2.23. The van der Waals surface area contributed by atoms with Gasteiger partial charge in [0.25, 0.3) is 5.91 Å². The molecule has 5 heteroatoms. The number of nitrogens with zero attached hydrogens (tertiary/aromatic N) is 1. The first-order valence-corrected chi connectivity index (χ1v) is 7.58. The summed E-state index contributed by atoms with van der Waals surface area (Å²) >= 11 is 0. The lowest BCUT2D eigenvalue weighted by atomic mass is 10.0. The first kappa shape index (κ1) is 14.2. The number of hydrogen-bond donors (Lipinski definition) is 1. The van der Waals surface area contributed by atoms with E-state index in [-0.39, 0.29) is 18.7 Å². The maximum atomic E-state index is 12.3. The Bertz CT molecular complexity index is 522. The SMILES string of the molecule is CC(C)N1CCC(NC(=O)c2ccc3c(c2)OCO3)CC1. The van der Waals surface area contributed by atoms with E-state index in [9.17, 15) is 4.79 Å². The normalized spacial score (nSPS) is 19.0. The number of fused-ring (bicyclic) bond motifs is 1. The zero-order valence-electron chi connectivity index (χ0n) is 12.6. The Balaban J connectivity index is 1.57. The third-order valence-corrected chi connectivity index (χ3v) is 4.23. The van der Waals surface area contributed by atoms with Gasteiger partial charge >= 0.3 is 0 Å². The summed E-state index contributed by atoms with van der Waals surface area (Å²) < 4.78 is 10.6. The molecule has 0 bridgehead atoms. The Morgan fingerprint density at radius 2 is 1.95 bits per heavy atom. The van der Waals surface area contributed by atoms with Crippen LogP contribution in [0.25, 0.3) is 0 Å². The Morgan fingerprint density at radius 3 is 2.67 bits per heavy atom. The Hall–Kier alpha value is -1.75. The minimum Gasteiger partial charge on any atom is -0.454 e. The number of rotatable bonds is 3. The minimum absolute atomic E-state index is 0.0312. The summed E-state index contributed by atoms with van der Waals surface area (Å²) in [6.07, 6.45) is 2.02. The lowest BCUT2D eigenvalue weighted by Crippen LogP contribution is -2.46. The van der Waals surface area contributed by atoms with E-state index >= 15 is 0 Å². The van der Waals surface area contributed by atoms with Crippen LogP contribution in [0, 0.1) is 0 Å².